The monoisotopic (exact) mass is 329 g/mol. The molecule has 0 saturated heterocycles. The highest BCUT2D eigenvalue weighted by Crippen LogP contribution is 2.27. The molecular weight excluding hydrogens is 314 g/mol. The van der Waals surface area contributed by atoms with Crippen molar-refractivity contribution in [1.29, 1.82) is 0 Å². The van der Waals surface area contributed by atoms with E-state index >= 15 is 0 Å². The number of aliphatic hydroxyl groups excluding tert-OH is 1. The van der Waals surface area contributed by atoms with Gasteiger partial charge in [-0.2, -0.15) is 5.10 Å². The maximum atomic E-state index is 10.5. The molecule has 1 aromatic heterocycles. The summed E-state index contributed by atoms with van der Waals surface area (Å²) >= 11 is 11.3. The molecule has 1 heterocycles. The highest BCUT2D eigenvalue weighted by molar-refractivity contribution is 7.71. The van der Waals surface area contributed by atoms with Crippen LogP contribution >= 0.6 is 23.8 Å². The number of nitrogens with one attached hydrogen (secondary N) is 1. The van der Waals surface area contributed by atoms with Crippen molar-refractivity contribution < 1.29 is 14.6 Å². The van der Waals surface area contributed by atoms with Gasteiger partial charge in [0.1, 0.15) is 6.10 Å². The molecule has 2 rings (SSSR count). The smallest absolute Gasteiger partial charge is 0.195 e. The number of halogens is 1. The maximum absolute atomic E-state index is 10.5. The third-order valence-corrected chi connectivity index (χ3v) is 3.75. The van der Waals surface area contributed by atoms with E-state index in [-0.39, 0.29) is 0 Å². The minimum atomic E-state index is -0.999. The Morgan fingerprint density at radius 1 is 1.38 bits per heavy atom. The van der Waals surface area contributed by atoms with E-state index in [9.17, 15) is 5.11 Å². The number of methoxy groups -OCH3 is 2. The Bertz CT molecular complexity index is 654. The Hall–Kier alpha value is -1.25. The highest BCUT2D eigenvalue weighted by Gasteiger charge is 2.21. The fourth-order valence-corrected chi connectivity index (χ4v) is 2.40. The predicted octanol–water partition coefficient (Wildman–Crippen LogP) is 2.29. The van der Waals surface area contributed by atoms with Crippen LogP contribution < -0.4 is 0 Å². The first-order valence-electron chi connectivity index (χ1n) is 6.21. The van der Waals surface area contributed by atoms with Gasteiger partial charge in [-0.3, -0.25) is 9.67 Å². The fraction of sp³-hybridized carbons (Fsp3) is 0.385. The topological polar surface area (TPSA) is 72.3 Å². The van der Waals surface area contributed by atoms with Crippen LogP contribution in [0, 0.1) is 4.77 Å². The van der Waals surface area contributed by atoms with E-state index in [1.54, 1.807) is 28.8 Å². The third-order valence-electron chi connectivity index (χ3n) is 3.09. The van der Waals surface area contributed by atoms with Crippen molar-refractivity contribution in [3.8, 4) is 0 Å². The molecule has 0 saturated carbocycles. The molecule has 0 amide bonds. The van der Waals surface area contributed by atoms with Crippen molar-refractivity contribution in [3.63, 3.8) is 0 Å². The Labute approximate surface area is 132 Å². The van der Waals surface area contributed by atoms with Crippen LogP contribution in [-0.2, 0) is 16.0 Å². The molecule has 0 fully saturated rings. The molecule has 0 aliphatic heterocycles. The molecule has 21 heavy (non-hydrogen) atoms. The maximum Gasteiger partial charge on any atom is 0.195 e. The molecule has 1 atom stereocenters. The molecule has 0 bridgehead atoms. The average molecular weight is 330 g/mol. The SMILES string of the molecule is COC(Cn1c(C(O)c2ccccc2Cl)n[nH]c1=S)OC. The van der Waals surface area contributed by atoms with Crippen LogP contribution in [0.25, 0.3) is 0 Å². The first-order chi connectivity index (χ1) is 10.1. The Morgan fingerprint density at radius 2 is 2.05 bits per heavy atom. The van der Waals surface area contributed by atoms with Gasteiger partial charge in [0.2, 0.25) is 0 Å². The number of aromatic nitrogens is 3. The average Bonchev–Trinajstić information content (AvgIpc) is 2.85. The van der Waals surface area contributed by atoms with Crippen molar-refractivity contribution in [2.75, 3.05) is 14.2 Å². The van der Waals surface area contributed by atoms with Gasteiger partial charge in [-0.05, 0) is 18.3 Å². The second-order valence-electron chi connectivity index (χ2n) is 4.32. The summed E-state index contributed by atoms with van der Waals surface area (Å²) in [6.45, 7) is 0.305. The second-order valence-corrected chi connectivity index (χ2v) is 5.12. The van der Waals surface area contributed by atoms with E-state index in [4.69, 9.17) is 33.3 Å². The Morgan fingerprint density at radius 3 is 2.67 bits per heavy atom. The van der Waals surface area contributed by atoms with E-state index in [0.717, 1.165) is 0 Å². The Kier molecular flexibility index (Phi) is 5.49. The Balaban J connectivity index is 2.37. The van der Waals surface area contributed by atoms with Gasteiger partial charge in [0.25, 0.3) is 0 Å². The van der Waals surface area contributed by atoms with E-state index in [0.29, 0.717) is 27.7 Å². The van der Waals surface area contributed by atoms with Crippen molar-refractivity contribution in [2.24, 2.45) is 0 Å². The van der Waals surface area contributed by atoms with Crippen LogP contribution in [0.1, 0.15) is 17.5 Å². The van der Waals surface area contributed by atoms with Crippen LogP contribution in [0.3, 0.4) is 0 Å². The van der Waals surface area contributed by atoms with Crippen molar-refractivity contribution in [3.05, 3.63) is 45.4 Å². The highest BCUT2D eigenvalue weighted by atomic mass is 35.5. The van der Waals surface area contributed by atoms with E-state index in [2.05, 4.69) is 10.2 Å². The van der Waals surface area contributed by atoms with Gasteiger partial charge < -0.3 is 14.6 Å². The van der Waals surface area contributed by atoms with Crippen molar-refractivity contribution in [2.45, 2.75) is 18.9 Å². The summed E-state index contributed by atoms with van der Waals surface area (Å²) in [6, 6.07) is 7.03. The number of H-pyrrole nitrogens is 1. The molecule has 1 unspecified atom stereocenters. The molecular formula is C13H16ClN3O3S. The summed E-state index contributed by atoms with van der Waals surface area (Å²) in [5.41, 5.74) is 0.556. The van der Waals surface area contributed by atoms with E-state index in [1.165, 1.54) is 14.2 Å². The summed E-state index contributed by atoms with van der Waals surface area (Å²) in [5, 5.41) is 17.7. The minimum absolute atomic E-state index is 0.305. The first kappa shape index (κ1) is 16.1. The number of benzene rings is 1. The van der Waals surface area contributed by atoms with Crippen LogP contribution in [0.4, 0.5) is 0 Å². The molecule has 2 N–H and O–H groups in total. The molecule has 0 aliphatic rings. The standard InChI is InChI=1S/C13H16ClN3O3S/c1-19-10(20-2)7-17-12(15-16-13(17)21)11(18)8-5-3-4-6-9(8)14/h3-6,10-11,18H,7H2,1-2H3,(H,16,21). The van der Waals surface area contributed by atoms with Gasteiger partial charge in [-0.15, -0.1) is 0 Å². The van der Waals surface area contributed by atoms with Crippen LogP contribution in [0.5, 0.6) is 0 Å². The summed E-state index contributed by atoms with van der Waals surface area (Å²) < 4.78 is 12.3. The zero-order valence-corrected chi connectivity index (χ0v) is 13.2. The van der Waals surface area contributed by atoms with Crippen LogP contribution in [-0.4, -0.2) is 40.4 Å². The van der Waals surface area contributed by atoms with Gasteiger partial charge >= 0.3 is 0 Å². The van der Waals surface area contributed by atoms with Gasteiger partial charge in [0, 0.05) is 24.8 Å². The van der Waals surface area contributed by atoms with E-state index in [1.807, 2.05) is 0 Å². The van der Waals surface area contributed by atoms with Crippen LogP contribution in [0.15, 0.2) is 24.3 Å². The third kappa shape index (κ3) is 3.50. The zero-order valence-electron chi connectivity index (χ0n) is 11.6. The number of rotatable bonds is 6. The number of hydrogen-bond donors (Lipinski definition) is 2. The lowest BCUT2D eigenvalue weighted by molar-refractivity contribution is -0.111. The lowest BCUT2D eigenvalue weighted by Crippen LogP contribution is -2.23. The minimum Gasteiger partial charge on any atom is -0.380 e. The number of aromatic amines is 1. The van der Waals surface area contributed by atoms with Gasteiger partial charge in [0.05, 0.1) is 6.54 Å². The van der Waals surface area contributed by atoms with Crippen molar-refractivity contribution in [1.82, 2.24) is 14.8 Å². The van der Waals surface area contributed by atoms with Gasteiger partial charge in [-0.1, -0.05) is 29.8 Å². The van der Waals surface area contributed by atoms with E-state index < -0.39 is 12.4 Å². The fourth-order valence-electron chi connectivity index (χ4n) is 1.95. The molecule has 0 aliphatic carbocycles. The summed E-state index contributed by atoms with van der Waals surface area (Å²) in [4.78, 5) is 0. The molecule has 0 radical (unpaired) electrons. The number of aliphatic hydroxyl groups is 1. The lowest BCUT2D eigenvalue weighted by Gasteiger charge is -2.17. The summed E-state index contributed by atoms with van der Waals surface area (Å²) in [7, 11) is 3.06. The van der Waals surface area contributed by atoms with Crippen molar-refractivity contribution >= 4 is 23.8 Å². The largest absolute Gasteiger partial charge is 0.380 e. The quantitative estimate of drug-likeness (QED) is 0.628. The zero-order chi connectivity index (χ0) is 15.4. The number of ether oxygens (including phenoxy) is 2. The molecule has 8 heteroatoms. The normalized spacial score (nSPS) is 12.8. The molecule has 0 spiro atoms. The summed E-state index contributed by atoms with van der Waals surface area (Å²) in [5.74, 6) is 0.354. The predicted molar refractivity (Wildman–Crippen MR) is 80.7 cm³/mol. The second kappa shape index (κ2) is 7.15. The number of nitrogens with zero attached hydrogens (tertiary/aromatic N) is 2. The molecule has 114 valence electrons. The summed E-state index contributed by atoms with van der Waals surface area (Å²) in [6.07, 6.45) is -1.49. The molecule has 6 nitrogen and oxygen atoms in total. The number of hydrogen-bond acceptors (Lipinski definition) is 5. The first-order valence-corrected chi connectivity index (χ1v) is 7.00. The molecule has 2 aromatic rings. The van der Waals surface area contributed by atoms with Crippen LogP contribution in [0.2, 0.25) is 5.02 Å². The van der Waals surface area contributed by atoms with Gasteiger partial charge in [0.15, 0.2) is 16.9 Å². The lowest BCUT2D eigenvalue weighted by atomic mass is 10.1. The van der Waals surface area contributed by atoms with Gasteiger partial charge in [-0.25, -0.2) is 0 Å². The molecule has 1 aromatic carbocycles.